The average Bonchev–Trinajstić information content (AvgIpc) is 2.46. The minimum atomic E-state index is -0.829. The van der Waals surface area contributed by atoms with Gasteiger partial charge in [0, 0.05) is 23.0 Å². The van der Waals surface area contributed by atoms with Crippen molar-refractivity contribution in [2.75, 3.05) is 5.32 Å². The number of anilines is 1. The molecule has 1 aromatic carbocycles. The summed E-state index contributed by atoms with van der Waals surface area (Å²) in [6, 6.07) is 7.03. The third-order valence-electron chi connectivity index (χ3n) is 3.11. The number of benzene rings is 1. The summed E-state index contributed by atoms with van der Waals surface area (Å²) in [4.78, 5) is 35.1. The predicted octanol–water partition coefficient (Wildman–Crippen LogP) is 4.35. The van der Waals surface area contributed by atoms with Crippen LogP contribution >= 0.6 is 15.9 Å². The molecule has 126 valence electrons. The summed E-state index contributed by atoms with van der Waals surface area (Å²) in [6.07, 6.45) is -0.799. The van der Waals surface area contributed by atoms with Crippen LogP contribution in [-0.4, -0.2) is 23.8 Å². The lowest BCUT2D eigenvalue weighted by molar-refractivity contribution is -0.129. The molecule has 1 N–H and O–H groups in total. The maximum Gasteiger partial charge on any atom is 0.412 e. The molecule has 0 radical (unpaired) electrons. The fraction of sp³-hybridized carbons (Fsp3) is 0.471. The maximum atomic E-state index is 12.2. The fourth-order valence-electron chi connectivity index (χ4n) is 1.94. The van der Waals surface area contributed by atoms with Gasteiger partial charge < -0.3 is 9.53 Å². The molecule has 0 heterocycles. The Labute approximate surface area is 144 Å². The molecule has 1 rings (SSSR count). The molecule has 0 bridgehead atoms. The van der Waals surface area contributed by atoms with Crippen molar-refractivity contribution >= 4 is 39.3 Å². The van der Waals surface area contributed by atoms with Crippen molar-refractivity contribution in [1.29, 1.82) is 0 Å². The Kier molecular flexibility index (Phi) is 7.95. The molecule has 6 heteroatoms. The molecule has 1 atom stereocenters. The molecule has 0 unspecified atom stereocenters. The lowest BCUT2D eigenvalue weighted by atomic mass is 9.99. The van der Waals surface area contributed by atoms with E-state index in [0.29, 0.717) is 12.1 Å². The number of amides is 1. The van der Waals surface area contributed by atoms with Gasteiger partial charge in [-0.2, -0.15) is 0 Å². The van der Waals surface area contributed by atoms with Crippen LogP contribution in [0.3, 0.4) is 0 Å². The molecule has 5 nitrogen and oxygen atoms in total. The first-order chi connectivity index (χ1) is 10.8. The van der Waals surface area contributed by atoms with E-state index in [1.807, 2.05) is 13.8 Å². The standard InChI is InChI=1S/C17H22BrNO4/c1-11(2)10-16(15(21)9-4-12(3)20)23-17(22)19-14-7-5-13(18)6-8-14/h5-8,11,16H,4,9-10H2,1-3H3,(H,19,22)/t16-/m0/s1. The van der Waals surface area contributed by atoms with Crippen molar-refractivity contribution < 1.29 is 19.1 Å². The van der Waals surface area contributed by atoms with Gasteiger partial charge in [0.15, 0.2) is 11.9 Å². The summed E-state index contributed by atoms with van der Waals surface area (Å²) < 4.78 is 6.16. The van der Waals surface area contributed by atoms with Crippen LogP contribution in [0.25, 0.3) is 0 Å². The summed E-state index contributed by atoms with van der Waals surface area (Å²) >= 11 is 3.31. The topological polar surface area (TPSA) is 72.5 Å². The number of carbonyl (C=O) groups excluding carboxylic acids is 3. The zero-order chi connectivity index (χ0) is 17.4. The smallest absolute Gasteiger partial charge is 0.412 e. The predicted molar refractivity (Wildman–Crippen MR) is 92.4 cm³/mol. The van der Waals surface area contributed by atoms with Crippen molar-refractivity contribution in [1.82, 2.24) is 0 Å². The highest BCUT2D eigenvalue weighted by atomic mass is 79.9. The molecule has 1 amide bonds. The molecule has 0 saturated carbocycles. The summed E-state index contributed by atoms with van der Waals surface area (Å²) in [5.41, 5.74) is 0.581. The van der Waals surface area contributed by atoms with Gasteiger partial charge in [-0.1, -0.05) is 29.8 Å². The Morgan fingerprint density at radius 1 is 1.13 bits per heavy atom. The quantitative estimate of drug-likeness (QED) is 0.723. The Balaban J connectivity index is 2.64. The van der Waals surface area contributed by atoms with Crippen LogP contribution < -0.4 is 5.32 Å². The Bertz CT molecular complexity index is 554. The van der Waals surface area contributed by atoms with Gasteiger partial charge in [-0.15, -0.1) is 0 Å². The number of halogens is 1. The lowest BCUT2D eigenvalue weighted by Crippen LogP contribution is -2.31. The van der Waals surface area contributed by atoms with Crippen LogP contribution in [0.15, 0.2) is 28.7 Å². The van der Waals surface area contributed by atoms with Crippen LogP contribution in [0, 0.1) is 5.92 Å². The van der Waals surface area contributed by atoms with E-state index in [4.69, 9.17) is 4.74 Å². The molecule has 0 aromatic heterocycles. The molecule has 0 aliphatic heterocycles. The molecular formula is C17H22BrNO4. The SMILES string of the molecule is CC(=O)CCC(=O)[C@H](CC(C)C)OC(=O)Nc1ccc(Br)cc1. The third kappa shape index (κ3) is 7.93. The zero-order valence-electron chi connectivity index (χ0n) is 13.6. The van der Waals surface area contributed by atoms with Crippen molar-refractivity contribution in [3.8, 4) is 0 Å². The largest absolute Gasteiger partial charge is 0.438 e. The van der Waals surface area contributed by atoms with Gasteiger partial charge in [0.05, 0.1) is 0 Å². The lowest BCUT2D eigenvalue weighted by Gasteiger charge is -2.19. The van der Waals surface area contributed by atoms with Gasteiger partial charge in [-0.25, -0.2) is 4.79 Å². The van der Waals surface area contributed by atoms with Gasteiger partial charge >= 0.3 is 6.09 Å². The average molecular weight is 384 g/mol. The van der Waals surface area contributed by atoms with Crippen LogP contribution in [0.1, 0.15) is 40.0 Å². The summed E-state index contributed by atoms with van der Waals surface area (Å²) in [6.45, 7) is 5.33. The van der Waals surface area contributed by atoms with E-state index >= 15 is 0 Å². The van der Waals surface area contributed by atoms with Crippen LogP contribution in [0.4, 0.5) is 10.5 Å². The van der Waals surface area contributed by atoms with Crippen molar-refractivity contribution in [2.24, 2.45) is 5.92 Å². The summed E-state index contributed by atoms with van der Waals surface area (Å²) in [7, 11) is 0. The first kappa shape index (κ1) is 19.4. The number of nitrogens with one attached hydrogen (secondary N) is 1. The molecular weight excluding hydrogens is 362 g/mol. The van der Waals surface area contributed by atoms with E-state index < -0.39 is 12.2 Å². The molecule has 0 saturated heterocycles. The molecule has 23 heavy (non-hydrogen) atoms. The van der Waals surface area contributed by atoms with Gasteiger partial charge in [0.2, 0.25) is 0 Å². The Hall–Kier alpha value is -1.69. The van der Waals surface area contributed by atoms with E-state index in [1.165, 1.54) is 6.92 Å². The van der Waals surface area contributed by atoms with Crippen LogP contribution in [0.2, 0.25) is 0 Å². The van der Waals surface area contributed by atoms with Gasteiger partial charge in [0.25, 0.3) is 0 Å². The van der Waals surface area contributed by atoms with Gasteiger partial charge in [0.1, 0.15) is 5.78 Å². The normalized spacial score (nSPS) is 11.9. The Morgan fingerprint density at radius 3 is 2.26 bits per heavy atom. The highest BCUT2D eigenvalue weighted by molar-refractivity contribution is 9.10. The molecule has 0 spiro atoms. The van der Waals surface area contributed by atoms with Crippen LogP contribution in [-0.2, 0) is 14.3 Å². The molecule has 1 aromatic rings. The second-order valence-corrected chi connectivity index (χ2v) is 6.74. The number of hydrogen-bond donors (Lipinski definition) is 1. The minimum absolute atomic E-state index is 0.0547. The summed E-state index contributed by atoms with van der Waals surface area (Å²) in [5.74, 6) is -0.0809. The second-order valence-electron chi connectivity index (χ2n) is 5.82. The molecule has 0 aliphatic rings. The van der Waals surface area contributed by atoms with Gasteiger partial charge in [-0.05, 0) is 43.5 Å². The van der Waals surface area contributed by atoms with E-state index in [1.54, 1.807) is 24.3 Å². The van der Waals surface area contributed by atoms with E-state index in [-0.39, 0.29) is 30.3 Å². The maximum absolute atomic E-state index is 12.2. The molecule has 0 aliphatic carbocycles. The Morgan fingerprint density at radius 2 is 1.74 bits per heavy atom. The number of ketones is 2. The van der Waals surface area contributed by atoms with E-state index in [0.717, 1.165) is 4.47 Å². The van der Waals surface area contributed by atoms with Gasteiger partial charge in [-0.3, -0.25) is 10.1 Å². The first-order valence-corrected chi connectivity index (χ1v) is 8.32. The van der Waals surface area contributed by atoms with E-state index in [9.17, 15) is 14.4 Å². The number of rotatable bonds is 8. The number of hydrogen-bond acceptors (Lipinski definition) is 4. The number of carbonyl (C=O) groups is 3. The first-order valence-electron chi connectivity index (χ1n) is 7.53. The summed E-state index contributed by atoms with van der Waals surface area (Å²) in [5, 5.41) is 2.59. The third-order valence-corrected chi connectivity index (χ3v) is 3.64. The molecule has 0 fully saturated rings. The highest BCUT2D eigenvalue weighted by Gasteiger charge is 2.24. The van der Waals surface area contributed by atoms with Crippen molar-refractivity contribution in [3.63, 3.8) is 0 Å². The number of ether oxygens (including phenoxy) is 1. The van der Waals surface area contributed by atoms with Crippen molar-refractivity contribution in [2.45, 2.75) is 46.1 Å². The fourth-order valence-corrected chi connectivity index (χ4v) is 2.21. The highest BCUT2D eigenvalue weighted by Crippen LogP contribution is 2.16. The van der Waals surface area contributed by atoms with Crippen LogP contribution in [0.5, 0.6) is 0 Å². The monoisotopic (exact) mass is 383 g/mol. The second kappa shape index (κ2) is 9.45. The minimum Gasteiger partial charge on any atom is -0.438 e. The number of Topliss-reactive ketones (excluding diaryl/α,β-unsaturated/α-hetero) is 2. The van der Waals surface area contributed by atoms with Crippen molar-refractivity contribution in [3.05, 3.63) is 28.7 Å². The zero-order valence-corrected chi connectivity index (χ0v) is 15.2. The van der Waals surface area contributed by atoms with E-state index in [2.05, 4.69) is 21.2 Å².